The summed E-state index contributed by atoms with van der Waals surface area (Å²) in [6.07, 6.45) is 3.78. The largest absolute Gasteiger partial charge is 0.331 e. The van der Waals surface area contributed by atoms with Gasteiger partial charge in [0.05, 0.1) is 25.1 Å². The van der Waals surface area contributed by atoms with Crippen LogP contribution < -0.4 is 5.01 Å². The van der Waals surface area contributed by atoms with Crippen molar-refractivity contribution >= 4 is 40.1 Å². The highest BCUT2D eigenvalue weighted by molar-refractivity contribution is 7.99. The van der Waals surface area contributed by atoms with Crippen LogP contribution in [0.15, 0.2) is 29.6 Å². The van der Waals surface area contributed by atoms with Gasteiger partial charge in [-0.15, -0.1) is 0 Å². The van der Waals surface area contributed by atoms with Gasteiger partial charge < -0.3 is 4.90 Å². The predicted octanol–water partition coefficient (Wildman–Crippen LogP) is 2.76. The molecule has 5 nitrogen and oxygen atoms in total. The zero-order chi connectivity index (χ0) is 16.7. The molecule has 0 spiro atoms. The fraction of sp³-hybridized carbons (Fsp3) is 0.533. The van der Waals surface area contributed by atoms with Crippen molar-refractivity contribution < 1.29 is 9.18 Å². The summed E-state index contributed by atoms with van der Waals surface area (Å²) in [5.74, 6) is 1.07. The molecule has 1 aliphatic rings. The molecule has 0 radical (unpaired) electrons. The zero-order valence-corrected chi connectivity index (χ0v) is 14.6. The summed E-state index contributed by atoms with van der Waals surface area (Å²) in [5.41, 5.74) is 0.843. The number of likely N-dealkylation sites (N-methyl/N-ethyl adjacent to an activating group) is 1. The van der Waals surface area contributed by atoms with Gasteiger partial charge in [0.25, 0.3) is 0 Å². The minimum absolute atomic E-state index is 0.0187. The summed E-state index contributed by atoms with van der Waals surface area (Å²) in [4.78, 5) is 18.2. The number of aromatic nitrogens is 1. The van der Waals surface area contributed by atoms with Crippen molar-refractivity contribution in [1.82, 2.24) is 9.88 Å². The van der Waals surface area contributed by atoms with Gasteiger partial charge in [-0.3, -0.25) is 19.2 Å². The Morgan fingerprint density at radius 2 is 2.39 bits per heavy atom. The van der Waals surface area contributed by atoms with E-state index in [1.807, 2.05) is 19.1 Å². The van der Waals surface area contributed by atoms with Gasteiger partial charge in [-0.05, 0) is 19.1 Å². The lowest BCUT2D eigenvalue weighted by atomic mass is 10.2. The Kier molecular flexibility index (Phi) is 7.11. The third kappa shape index (κ3) is 4.81. The smallest absolute Gasteiger partial charge is 0.224 e. The molecule has 0 N–H and O–H groups in total. The number of carbonyl (C=O) groups is 1. The van der Waals surface area contributed by atoms with Gasteiger partial charge >= 0.3 is 0 Å². The first-order valence-corrected chi connectivity index (χ1v) is 9.05. The second kappa shape index (κ2) is 9.08. The van der Waals surface area contributed by atoms with Crippen LogP contribution in [0, 0.1) is 0 Å². The molecule has 0 saturated carbocycles. The second-order valence-electron chi connectivity index (χ2n) is 4.96. The Morgan fingerprint density at radius 1 is 1.57 bits per heavy atom. The molecule has 23 heavy (non-hydrogen) atoms. The van der Waals surface area contributed by atoms with Crippen LogP contribution in [0.25, 0.3) is 0 Å². The van der Waals surface area contributed by atoms with Gasteiger partial charge in [-0.25, -0.2) is 0 Å². The number of amides is 1. The van der Waals surface area contributed by atoms with Crippen LogP contribution in [-0.2, 0) is 4.79 Å². The second-order valence-corrected chi connectivity index (χ2v) is 6.57. The SMILES string of the molecule is CCN(C(=O)CCSCCF)C1CN(c2cccnc2)N=C1Cl. The van der Waals surface area contributed by atoms with Crippen LogP contribution in [0.2, 0.25) is 0 Å². The molecule has 126 valence electrons. The zero-order valence-electron chi connectivity index (χ0n) is 13.0. The fourth-order valence-corrected chi connectivity index (χ4v) is 3.30. The van der Waals surface area contributed by atoms with Crippen LogP contribution in [0.1, 0.15) is 13.3 Å². The highest BCUT2D eigenvalue weighted by atomic mass is 35.5. The molecule has 0 aliphatic carbocycles. The first-order chi connectivity index (χ1) is 11.2. The number of halogens is 2. The van der Waals surface area contributed by atoms with Crippen LogP contribution in [-0.4, -0.2) is 58.3 Å². The molecule has 0 bridgehead atoms. The van der Waals surface area contributed by atoms with Crippen molar-refractivity contribution in [3.63, 3.8) is 0 Å². The lowest BCUT2D eigenvalue weighted by Gasteiger charge is -2.27. The van der Waals surface area contributed by atoms with Gasteiger partial charge in [-0.1, -0.05) is 11.6 Å². The molecule has 0 fully saturated rings. The first kappa shape index (κ1) is 18.0. The fourth-order valence-electron chi connectivity index (χ4n) is 2.39. The van der Waals surface area contributed by atoms with Crippen molar-refractivity contribution in [1.29, 1.82) is 0 Å². The van der Waals surface area contributed by atoms with Crippen molar-refractivity contribution in [3.8, 4) is 0 Å². The first-order valence-electron chi connectivity index (χ1n) is 7.52. The maximum atomic E-state index is 12.4. The van der Waals surface area contributed by atoms with E-state index in [9.17, 15) is 9.18 Å². The number of alkyl halides is 1. The van der Waals surface area contributed by atoms with E-state index in [4.69, 9.17) is 11.6 Å². The van der Waals surface area contributed by atoms with E-state index in [0.29, 0.717) is 36.2 Å². The van der Waals surface area contributed by atoms with Gasteiger partial charge in [0, 0.05) is 30.7 Å². The van der Waals surface area contributed by atoms with Crippen LogP contribution >= 0.6 is 23.4 Å². The Labute approximate surface area is 144 Å². The Morgan fingerprint density at radius 3 is 3.04 bits per heavy atom. The molecule has 1 unspecified atom stereocenters. The lowest BCUT2D eigenvalue weighted by Crippen LogP contribution is -2.45. The van der Waals surface area contributed by atoms with E-state index in [1.165, 1.54) is 11.8 Å². The number of hydrogen-bond acceptors (Lipinski definition) is 5. The molecule has 1 aliphatic heterocycles. The van der Waals surface area contributed by atoms with E-state index in [2.05, 4.69) is 10.1 Å². The highest BCUT2D eigenvalue weighted by Crippen LogP contribution is 2.23. The third-order valence-corrected chi connectivity index (χ3v) is 4.76. The molecule has 0 saturated heterocycles. The van der Waals surface area contributed by atoms with Gasteiger partial charge in [0.2, 0.25) is 5.91 Å². The van der Waals surface area contributed by atoms with Crippen molar-refractivity contribution in [2.75, 3.05) is 36.3 Å². The van der Waals surface area contributed by atoms with Gasteiger partial charge in [0.1, 0.15) is 6.04 Å². The lowest BCUT2D eigenvalue weighted by molar-refractivity contribution is -0.131. The highest BCUT2D eigenvalue weighted by Gasteiger charge is 2.33. The molecule has 2 rings (SSSR count). The van der Waals surface area contributed by atoms with Crippen LogP contribution in [0.3, 0.4) is 0 Å². The summed E-state index contributed by atoms with van der Waals surface area (Å²) in [5, 5.41) is 6.49. The minimum Gasteiger partial charge on any atom is -0.331 e. The average molecular weight is 359 g/mol. The number of thioether (sulfide) groups is 1. The summed E-state index contributed by atoms with van der Waals surface area (Å²) in [6, 6.07) is 3.48. The van der Waals surface area contributed by atoms with Gasteiger partial charge in [-0.2, -0.15) is 16.9 Å². The van der Waals surface area contributed by atoms with E-state index in [0.717, 1.165) is 5.69 Å². The van der Waals surface area contributed by atoms with Crippen molar-refractivity contribution in [3.05, 3.63) is 24.5 Å². The van der Waals surface area contributed by atoms with Gasteiger partial charge in [0.15, 0.2) is 5.17 Å². The number of pyridine rings is 1. The summed E-state index contributed by atoms with van der Waals surface area (Å²) in [6.45, 7) is 2.63. The monoisotopic (exact) mass is 358 g/mol. The molecular weight excluding hydrogens is 339 g/mol. The van der Waals surface area contributed by atoms with Crippen molar-refractivity contribution in [2.24, 2.45) is 5.10 Å². The number of rotatable bonds is 8. The van der Waals surface area contributed by atoms with E-state index < -0.39 is 0 Å². The normalized spacial score (nSPS) is 17.3. The maximum Gasteiger partial charge on any atom is 0.224 e. The molecule has 8 heteroatoms. The average Bonchev–Trinajstić information content (AvgIpc) is 2.95. The maximum absolute atomic E-state index is 12.4. The molecular formula is C15H20ClFN4OS. The number of anilines is 1. The summed E-state index contributed by atoms with van der Waals surface area (Å²) < 4.78 is 12.1. The number of hydrogen-bond donors (Lipinski definition) is 0. The summed E-state index contributed by atoms with van der Waals surface area (Å²) in [7, 11) is 0. The number of hydrazone groups is 1. The minimum atomic E-state index is -0.364. The molecule has 0 aromatic carbocycles. The topological polar surface area (TPSA) is 48.8 Å². The Bertz CT molecular complexity index is 546. The molecule has 1 aromatic heterocycles. The van der Waals surface area contributed by atoms with E-state index in [1.54, 1.807) is 22.3 Å². The standard InChI is InChI=1S/C15H20ClFN4OS/c1-2-20(14(22)5-8-23-9-6-17)13-11-21(19-15(13)16)12-4-3-7-18-10-12/h3-4,7,10,13H,2,5-6,8-9,11H2,1H3. The molecule has 2 heterocycles. The van der Waals surface area contributed by atoms with Crippen LogP contribution in [0.5, 0.6) is 0 Å². The van der Waals surface area contributed by atoms with Crippen LogP contribution in [0.4, 0.5) is 10.1 Å². The van der Waals surface area contributed by atoms with E-state index in [-0.39, 0.29) is 18.6 Å². The number of carbonyl (C=O) groups excluding carboxylic acids is 1. The molecule has 1 amide bonds. The predicted molar refractivity (Wildman–Crippen MR) is 94.0 cm³/mol. The Balaban J connectivity index is 1.96. The van der Waals surface area contributed by atoms with E-state index >= 15 is 0 Å². The quantitative estimate of drug-likeness (QED) is 0.670. The molecule has 1 atom stereocenters. The third-order valence-electron chi connectivity index (χ3n) is 3.50. The molecule has 1 aromatic rings. The number of nitrogens with zero attached hydrogens (tertiary/aromatic N) is 4. The van der Waals surface area contributed by atoms with Crippen molar-refractivity contribution in [2.45, 2.75) is 19.4 Å². The summed E-state index contributed by atoms with van der Waals surface area (Å²) >= 11 is 7.71. The Hall–Kier alpha value is -1.34.